The number of nitrogens with zero attached hydrogens (tertiary/aromatic N) is 4. The van der Waals surface area contributed by atoms with Gasteiger partial charge in [0, 0.05) is 20.1 Å². The van der Waals surface area contributed by atoms with Crippen molar-refractivity contribution >= 4 is 22.8 Å². The summed E-state index contributed by atoms with van der Waals surface area (Å²) in [5, 5.41) is 28.4. The van der Waals surface area contributed by atoms with E-state index in [4.69, 9.17) is 10.2 Å². The van der Waals surface area contributed by atoms with Crippen LogP contribution in [0.1, 0.15) is 0 Å². The highest BCUT2D eigenvalue weighted by atomic mass is 16.3. The summed E-state index contributed by atoms with van der Waals surface area (Å²) < 4.78 is 1.64. The first kappa shape index (κ1) is 12.5. The Hall–Kier alpha value is -1.93. The van der Waals surface area contributed by atoms with E-state index in [-0.39, 0.29) is 13.2 Å². The summed E-state index contributed by atoms with van der Waals surface area (Å²) in [6.07, 6.45) is 1.67. The van der Waals surface area contributed by atoms with E-state index in [1.165, 1.54) is 0 Å². The third kappa shape index (κ3) is 2.49. The van der Waals surface area contributed by atoms with E-state index in [0.717, 1.165) is 5.39 Å². The fourth-order valence-corrected chi connectivity index (χ4v) is 1.58. The highest BCUT2D eigenvalue weighted by Crippen LogP contribution is 2.20. The number of nitrogens with one attached hydrogen (secondary N) is 2. The zero-order valence-electron chi connectivity index (χ0n) is 10.1. The van der Waals surface area contributed by atoms with Gasteiger partial charge in [-0.2, -0.15) is 15.1 Å². The van der Waals surface area contributed by atoms with Crippen LogP contribution in [0.4, 0.5) is 11.8 Å². The molecule has 0 bridgehead atoms. The Morgan fingerprint density at radius 2 is 1.89 bits per heavy atom. The zero-order chi connectivity index (χ0) is 13.0. The molecule has 0 fully saturated rings. The van der Waals surface area contributed by atoms with Gasteiger partial charge in [0.05, 0.1) is 24.8 Å². The molecule has 0 aliphatic rings. The van der Waals surface area contributed by atoms with E-state index in [0.29, 0.717) is 30.5 Å². The number of hydrogen-bond donors (Lipinski definition) is 4. The predicted octanol–water partition coefficient (Wildman–Crippen LogP) is -0.828. The molecule has 0 saturated heterocycles. The average Bonchev–Trinajstić information content (AvgIpc) is 2.75. The molecular weight excluding hydrogens is 236 g/mol. The van der Waals surface area contributed by atoms with Crippen molar-refractivity contribution in [1.29, 1.82) is 0 Å². The van der Waals surface area contributed by atoms with Gasteiger partial charge in [-0.1, -0.05) is 0 Å². The van der Waals surface area contributed by atoms with Crippen molar-refractivity contribution in [2.45, 2.75) is 0 Å². The largest absolute Gasteiger partial charge is 0.395 e. The SMILES string of the molecule is Cn1ncc2c(NCCO)nc(NCCO)nc21. The first-order chi connectivity index (χ1) is 8.76. The van der Waals surface area contributed by atoms with Gasteiger partial charge in [-0.05, 0) is 0 Å². The lowest BCUT2D eigenvalue weighted by molar-refractivity contribution is 0.311. The normalized spacial score (nSPS) is 10.8. The van der Waals surface area contributed by atoms with Crippen LogP contribution in [0.2, 0.25) is 0 Å². The van der Waals surface area contributed by atoms with Gasteiger partial charge in [0.25, 0.3) is 0 Å². The molecular formula is C10H16N6O2. The minimum Gasteiger partial charge on any atom is -0.395 e. The molecule has 2 rings (SSSR count). The molecule has 8 heteroatoms. The molecule has 0 saturated carbocycles. The minimum atomic E-state index is 0.00614. The van der Waals surface area contributed by atoms with Gasteiger partial charge < -0.3 is 20.8 Å². The van der Waals surface area contributed by atoms with Crippen molar-refractivity contribution in [3.05, 3.63) is 6.20 Å². The van der Waals surface area contributed by atoms with Crippen LogP contribution in [-0.2, 0) is 7.05 Å². The monoisotopic (exact) mass is 252 g/mol. The van der Waals surface area contributed by atoms with Gasteiger partial charge in [-0.25, -0.2) is 0 Å². The second kappa shape index (κ2) is 5.61. The second-order valence-electron chi connectivity index (χ2n) is 3.70. The summed E-state index contributed by atoms with van der Waals surface area (Å²) in [4.78, 5) is 8.59. The van der Waals surface area contributed by atoms with Crippen molar-refractivity contribution in [1.82, 2.24) is 19.7 Å². The first-order valence-corrected chi connectivity index (χ1v) is 5.65. The third-order valence-electron chi connectivity index (χ3n) is 2.39. The Balaban J connectivity index is 2.38. The van der Waals surface area contributed by atoms with E-state index in [2.05, 4.69) is 25.7 Å². The van der Waals surface area contributed by atoms with Crippen LogP contribution in [-0.4, -0.2) is 56.3 Å². The van der Waals surface area contributed by atoms with Crippen LogP contribution in [0.25, 0.3) is 11.0 Å². The number of aryl methyl sites for hydroxylation is 1. The summed E-state index contributed by atoms with van der Waals surface area (Å²) in [5.41, 5.74) is 0.686. The number of aromatic nitrogens is 4. The molecule has 0 unspecified atom stereocenters. The summed E-state index contributed by atoms with van der Waals surface area (Å²) in [7, 11) is 1.79. The Kier molecular flexibility index (Phi) is 3.90. The van der Waals surface area contributed by atoms with Crippen LogP contribution < -0.4 is 10.6 Å². The predicted molar refractivity (Wildman–Crippen MR) is 67.5 cm³/mol. The topological polar surface area (TPSA) is 108 Å². The Bertz CT molecular complexity index is 526. The van der Waals surface area contributed by atoms with Crippen LogP contribution in [0.3, 0.4) is 0 Å². The molecule has 4 N–H and O–H groups in total. The van der Waals surface area contributed by atoms with E-state index in [9.17, 15) is 0 Å². The van der Waals surface area contributed by atoms with Gasteiger partial charge in [-0.15, -0.1) is 0 Å². The van der Waals surface area contributed by atoms with Crippen molar-refractivity contribution in [3.8, 4) is 0 Å². The van der Waals surface area contributed by atoms with E-state index in [1.54, 1.807) is 17.9 Å². The number of aliphatic hydroxyl groups is 2. The molecule has 98 valence electrons. The molecule has 2 aromatic heterocycles. The molecule has 0 radical (unpaired) electrons. The molecule has 0 atom stereocenters. The lowest BCUT2D eigenvalue weighted by Crippen LogP contribution is -2.12. The van der Waals surface area contributed by atoms with Gasteiger partial charge in [-0.3, -0.25) is 4.68 Å². The van der Waals surface area contributed by atoms with Crippen molar-refractivity contribution in [2.75, 3.05) is 36.9 Å². The Morgan fingerprint density at radius 1 is 1.17 bits per heavy atom. The fraction of sp³-hybridized carbons (Fsp3) is 0.500. The second-order valence-corrected chi connectivity index (χ2v) is 3.70. The van der Waals surface area contributed by atoms with Crippen molar-refractivity contribution < 1.29 is 10.2 Å². The maximum atomic E-state index is 8.84. The van der Waals surface area contributed by atoms with Crippen LogP contribution >= 0.6 is 0 Å². The number of rotatable bonds is 6. The number of fused-ring (bicyclic) bond motifs is 1. The van der Waals surface area contributed by atoms with E-state index >= 15 is 0 Å². The summed E-state index contributed by atoms with van der Waals surface area (Å²) in [5.74, 6) is 1.03. The molecule has 0 aromatic carbocycles. The van der Waals surface area contributed by atoms with Gasteiger partial charge >= 0.3 is 0 Å². The summed E-state index contributed by atoms with van der Waals surface area (Å²) in [6, 6.07) is 0. The molecule has 0 aliphatic carbocycles. The highest BCUT2D eigenvalue weighted by molar-refractivity contribution is 5.87. The molecule has 2 aromatic rings. The van der Waals surface area contributed by atoms with Gasteiger partial charge in [0.1, 0.15) is 5.82 Å². The molecule has 0 spiro atoms. The van der Waals surface area contributed by atoms with Gasteiger partial charge in [0.15, 0.2) is 5.65 Å². The number of aliphatic hydroxyl groups excluding tert-OH is 2. The summed E-state index contributed by atoms with van der Waals surface area (Å²) >= 11 is 0. The quantitative estimate of drug-likeness (QED) is 0.531. The summed E-state index contributed by atoms with van der Waals surface area (Å²) in [6.45, 7) is 0.806. The smallest absolute Gasteiger partial charge is 0.226 e. The third-order valence-corrected chi connectivity index (χ3v) is 2.39. The van der Waals surface area contributed by atoms with Crippen LogP contribution in [0.15, 0.2) is 6.20 Å². The maximum absolute atomic E-state index is 8.84. The molecule has 2 heterocycles. The minimum absolute atomic E-state index is 0.00614. The number of anilines is 2. The van der Waals surface area contributed by atoms with Crippen LogP contribution in [0.5, 0.6) is 0 Å². The van der Waals surface area contributed by atoms with Crippen molar-refractivity contribution in [2.24, 2.45) is 7.05 Å². The average molecular weight is 252 g/mol. The van der Waals surface area contributed by atoms with E-state index < -0.39 is 0 Å². The first-order valence-electron chi connectivity index (χ1n) is 5.65. The Morgan fingerprint density at radius 3 is 2.61 bits per heavy atom. The highest BCUT2D eigenvalue weighted by Gasteiger charge is 2.10. The zero-order valence-corrected chi connectivity index (χ0v) is 10.1. The standard InChI is InChI=1S/C10H16N6O2/c1-16-9-7(6-13-16)8(11-2-4-17)14-10(15-9)12-3-5-18/h6,17-18H,2-5H2,1H3,(H2,11,12,14,15). The van der Waals surface area contributed by atoms with Crippen molar-refractivity contribution in [3.63, 3.8) is 0 Å². The Labute approximate surface area is 104 Å². The number of hydrogen-bond acceptors (Lipinski definition) is 7. The van der Waals surface area contributed by atoms with Gasteiger partial charge in [0.2, 0.25) is 5.95 Å². The molecule has 8 nitrogen and oxygen atoms in total. The van der Waals surface area contributed by atoms with Crippen LogP contribution in [0, 0.1) is 0 Å². The maximum Gasteiger partial charge on any atom is 0.226 e. The molecule has 0 amide bonds. The fourth-order valence-electron chi connectivity index (χ4n) is 1.58. The molecule has 0 aliphatic heterocycles. The lowest BCUT2D eigenvalue weighted by Gasteiger charge is -2.08. The lowest BCUT2D eigenvalue weighted by atomic mass is 10.4. The van der Waals surface area contributed by atoms with E-state index in [1.807, 2.05) is 0 Å². The molecule has 18 heavy (non-hydrogen) atoms.